The lowest BCUT2D eigenvalue weighted by Gasteiger charge is -2.23. The number of ether oxygens (including phenoxy) is 1. The van der Waals surface area contributed by atoms with Crippen molar-refractivity contribution in [2.45, 2.75) is 44.9 Å². The zero-order chi connectivity index (χ0) is 23.7. The minimum Gasteiger partial charge on any atom is -0.376 e. The molecule has 182 valence electrons. The number of nitrogens with one attached hydrogen (secondary N) is 1. The third-order valence-corrected chi connectivity index (χ3v) is 7.83. The van der Waals surface area contributed by atoms with Crippen LogP contribution in [0.3, 0.4) is 0 Å². The molecule has 1 unspecified atom stereocenters. The molecule has 2 aromatic heterocycles. The van der Waals surface area contributed by atoms with Crippen LogP contribution in [0.25, 0.3) is 11.2 Å². The highest BCUT2D eigenvalue weighted by atomic mass is 127. The van der Waals surface area contributed by atoms with E-state index in [1.807, 2.05) is 16.7 Å². The van der Waals surface area contributed by atoms with E-state index in [0.29, 0.717) is 24.3 Å². The van der Waals surface area contributed by atoms with Gasteiger partial charge in [-0.15, -0.1) is 0 Å². The predicted molar refractivity (Wildman–Crippen MR) is 141 cm³/mol. The molecule has 2 fully saturated rings. The van der Waals surface area contributed by atoms with E-state index in [9.17, 15) is 9.59 Å². The van der Waals surface area contributed by atoms with Crippen molar-refractivity contribution >= 4 is 39.7 Å². The van der Waals surface area contributed by atoms with E-state index in [0.717, 1.165) is 66.9 Å². The Labute approximate surface area is 211 Å². The summed E-state index contributed by atoms with van der Waals surface area (Å²) in [6.07, 6.45) is 3.83. The topological polar surface area (TPSA) is 86.3 Å². The van der Waals surface area contributed by atoms with E-state index < -0.39 is 0 Å². The Hall–Kier alpha value is -2.18. The first-order valence-electron chi connectivity index (χ1n) is 12.1. The van der Waals surface area contributed by atoms with Gasteiger partial charge in [0, 0.05) is 36.9 Å². The Morgan fingerprint density at radius 2 is 1.97 bits per heavy atom. The second-order valence-electron chi connectivity index (χ2n) is 9.10. The number of benzene rings is 1. The molecular weight excluding hydrogens is 547 g/mol. The summed E-state index contributed by atoms with van der Waals surface area (Å²) in [6.45, 7) is 4.93. The van der Waals surface area contributed by atoms with Gasteiger partial charge in [0.2, 0.25) is 5.95 Å². The molecule has 1 aromatic carbocycles. The number of aromatic nitrogens is 4. The van der Waals surface area contributed by atoms with Crippen LogP contribution in [0.4, 0.5) is 5.95 Å². The molecular formula is C24H31IN6O3. The van der Waals surface area contributed by atoms with Crippen LogP contribution in [0.2, 0.25) is 0 Å². The number of imidazole rings is 1. The van der Waals surface area contributed by atoms with Crippen molar-refractivity contribution in [3.8, 4) is 0 Å². The molecule has 4 heterocycles. The molecule has 0 spiro atoms. The Balaban J connectivity index is 1.68. The molecule has 5 rings (SSSR count). The quantitative estimate of drug-likeness (QED) is 0.466. The number of aryl methyl sites for hydroxylation is 1. The first kappa shape index (κ1) is 23.6. The van der Waals surface area contributed by atoms with Crippen LogP contribution < -0.4 is 21.5 Å². The molecule has 2 aliphatic heterocycles. The van der Waals surface area contributed by atoms with Crippen molar-refractivity contribution in [3.63, 3.8) is 0 Å². The van der Waals surface area contributed by atoms with Crippen LogP contribution in [0, 0.1) is 3.57 Å². The van der Waals surface area contributed by atoms with Gasteiger partial charge >= 0.3 is 5.69 Å². The summed E-state index contributed by atoms with van der Waals surface area (Å²) >= 11 is 2.33. The second-order valence-corrected chi connectivity index (χ2v) is 10.3. The van der Waals surface area contributed by atoms with Crippen molar-refractivity contribution in [3.05, 3.63) is 54.2 Å². The summed E-state index contributed by atoms with van der Waals surface area (Å²) in [6, 6.07) is 8.18. The summed E-state index contributed by atoms with van der Waals surface area (Å²) in [5, 5.41) is 3.43. The van der Waals surface area contributed by atoms with E-state index in [-0.39, 0.29) is 23.9 Å². The van der Waals surface area contributed by atoms with Crippen LogP contribution in [0.15, 0.2) is 33.9 Å². The van der Waals surface area contributed by atoms with E-state index in [4.69, 9.17) is 9.72 Å². The van der Waals surface area contributed by atoms with Crippen molar-refractivity contribution in [1.82, 2.24) is 24.0 Å². The standard InChI is InChI=1S/C24H31IN6O3/c1-28-21-20(22(32)31(24(28)33)16-18-8-4-5-14-34-18)30(15-17-7-2-3-9-19(17)25)23(27-21)29-12-6-10-26-11-13-29/h2-3,7,9,18,26H,4-6,8,10-16H2,1H3. The van der Waals surface area contributed by atoms with Crippen molar-refractivity contribution in [2.24, 2.45) is 7.05 Å². The van der Waals surface area contributed by atoms with Gasteiger partial charge in [-0.3, -0.25) is 18.5 Å². The summed E-state index contributed by atoms with van der Waals surface area (Å²) in [5.41, 5.74) is 1.41. The second kappa shape index (κ2) is 10.2. The smallest absolute Gasteiger partial charge is 0.332 e. The maximum Gasteiger partial charge on any atom is 0.332 e. The normalized spacial score (nSPS) is 19.5. The van der Waals surface area contributed by atoms with Crippen LogP contribution >= 0.6 is 22.6 Å². The molecule has 2 saturated heterocycles. The maximum absolute atomic E-state index is 13.8. The van der Waals surface area contributed by atoms with E-state index in [1.165, 1.54) is 9.13 Å². The van der Waals surface area contributed by atoms with E-state index in [2.05, 4.69) is 44.9 Å². The average molecular weight is 578 g/mol. The van der Waals surface area contributed by atoms with Gasteiger partial charge in [0.25, 0.3) is 5.56 Å². The minimum atomic E-state index is -0.338. The van der Waals surface area contributed by atoms with Gasteiger partial charge in [-0.2, -0.15) is 4.98 Å². The number of hydrogen-bond acceptors (Lipinski definition) is 6. The number of fused-ring (bicyclic) bond motifs is 1. The first-order valence-corrected chi connectivity index (χ1v) is 13.1. The highest BCUT2D eigenvalue weighted by molar-refractivity contribution is 14.1. The van der Waals surface area contributed by atoms with Gasteiger partial charge in [-0.1, -0.05) is 18.2 Å². The molecule has 2 aliphatic rings. The van der Waals surface area contributed by atoms with Crippen LogP contribution in [0.1, 0.15) is 31.2 Å². The monoisotopic (exact) mass is 578 g/mol. The first-order chi connectivity index (χ1) is 16.5. The third kappa shape index (κ3) is 4.55. The largest absolute Gasteiger partial charge is 0.376 e. The molecule has 0 bridgehead atoms. The van der Waals surface area contributed by atoms with E-state index in [1.54, 1.807) is 7.05 Å². The van der Waals surface area contributed by atoms with Gasteiger partial charge in [0.15, 0.2) is 11.2 Å². The minimum absolute atomic E-state index is 0.112. The fourth-order valence-corrected chi connectivity index (χ4v) is 5.47. The van der Waals surface area contributed by atoms with Crippen molar-refractivity contribution in [2.75, 3.05) is 37.7 Å². The molecule has 0 radical (unpaired) electrons. The molecule has 0 aliphatic carbocycles. The van der Waals surface area contributed by atoms with Crippen molar-refractivity contribution in [1.29, 1.82) is 0 Å². The molecule has 3 aromatic rings. The number of nitrogens with zero attached hydrogens (tertiary/aromatic N) is 5. The Bertz CT molecular complexity index is 1280. The highest BCUT2D eigenvalue weighted by Crippen LogP contribution is 2.24. The van der Waals surface area contributed by atoms with Crippen LogP contribution in [-0.2, 0) is 24.9 Å². The molecule has 34 heavy (non-hydrogen) atoms. The fraction of sp³-hybridized carbons (Fsp3) is 0.542. The fourth-order valence-electron chi connectivity index (χ4n) is 4.91. The Kier molecular flexibility index (Phi) is 7.07. The highest BCUT2D eigenvalue weighted by Gasteiger charge is 2.26. The maximum atomic E-state index is 13.8. The molecule has 1 atom stereocenters. The zero-order valence-corrected chi connectivity index (χ0v) is 21.7. The average Bonchev–Trinajstić information content (AvgIpc) is 3.02. The lowest BCUT2D eigenvalue weighted by Crippen LogP contribution is -2.43. The SMILES string of the molecule is Cn1c(=O)n(CC2CCCCO2)c(=O)c2c1nc(N1CCCNCC1)n2Cc1ccccc1I. The predicted octanol–water partition coefficient (Wildman–Crippen LogP) is 1.92. The molecule has 0 amide bonds. The number of hydrogen-bond donors (Lipinski definition) is 1. The molecule has 1 N–H and O–H groups in total. The summed E-state index contributed by atoms with van der Waals surface area (Å²) in [7, 11) is 1.71. The van der Waals surface area contributed by atoms with Gasteiger partial charge in [-0.25, -0.2) is 4.79 Å². The summed E-state index contributed by atoms with van der Waals surface area (Å²) in [5.74, 6) is 0.747. The third-order valence-electron chi connectivity index (χ3n) is 6.78. The Morgan fingerprint density at radius 1 is 1.12 bits per heavy atom. The van der Waals surface area contributed by atoms with Gasteiger partial charge in [0.05, 0.1) is 19.2 Å². The number of anilines is 1. The zero-order valence-electron chi connectivity index (χ0n) is 19.5. The van der Waals surface area contributed by atoms with Gasteiger partial charge in [-0.05, 0) is 66.4 Å². The lowest BCUT2D eigenvalue weighted by atomic mass is 10.1. The number of rotatable bonds is 5. The molecule has 9 nitrogen and oxygen atoms in total. The van der Waals surface area contributed by atoms with Crippen LogP contribution in [0.5, 0.6) is 0 Å². The summed E-state index contributed by atoms with van der Waals surface area (Å²) < 4.78 is 11.9. The van der Waals surface area contributed by atoms with Crippen LogP contribution in [-0.4, -0.2) is 57.6 Å². The lowest BCUT2D eigenvalue weighted by molar-refractivity contribution is 0.00462. The summed E-state index contributed by atoms with van der Waals surface area (Å²) in [4.78, 5) is 34.2. The van der Waals surface area contributed by atoms with Gasteiger partial charge in [0.1, 0.15) is 0 Å². The van der Waals surface area contributed by atoms with E-state index >= 15 is 0 Å². The van der Waals surface area contributed by atoms with Gasteiger partial charge < -0.3 is 15.0 Å². The number of halogens is 1. The van der Waals surface area contributed by atoms with Crippen molar-refractivity contribution < 1.29 is 4.74 Å². The molecule has 10 heteroatoms. The molecule has 0 saturated carbocycles. The Morgan fingerprint density at radius 3 is 2.76 bits per heavy atom.